The maximum atomic E-state index is 13.1. The third-order valence-electron chi connectivity index (χ3n) is 5.40. The van der Waals surface area contributed by atoms with E-state index in [2.05, 4.69) is 4.90 Å². The highest BCUT2D eigenvalue weighted by molar-refractivity contribution is 5.53. The van der Waals surface area contributed by atoms with E-state index in [4.69, 9.17) is 4.74 Å². The first-order valence-electron chi connectivity index (χ1n) is 9.81. The molecule has 4 nitrogen and oxygen atoms in total. The molecule has 1 fully saturated rings. The van der Waals surface area contributed by atoms with Gasteiger partial charge in [-0.3, -0.25) is 0 Å². The third kappa shape index (κ3) is 4.35. The van der Waals surface area contributed by atoms with Crippen LogP contribution in [0.2, 0.25) is 0 Å². The number of phenols is 2. The highest BCUT2D eigenvalue weighted by atomic mass is 19.1. The van der Waals surface area contributed by atoms with Crippen molar-refractivity contribution < 1.29 is 19.3 Å². The number of benzene rings is 3. The van der Waals surface area contributed by atoms with Crippen LogP contribution in [0.4, 0.5) is 10.1 Å². The van der Waals surface area contributed by atoms with E-state index in [0.717, 1.165) is 36.1 Å². The Hall–Kier alpha value is -3.05. The van der Waals surface area contributed by atoms with E-state index in [1.807, 2.05) is 42.5 Å². The monoisotopic (exact) mass is 393 g/mol. The SMILES string of the molecule is Oc1ccc(C2C(CCCc3ccc(F)cc3)OCN2c2ccccc2)c(O)c1. The topological polar surface area (TPSA) is 52.9 Å². The molecular formula is C24H24FNO3. The van der Waals surface area contributed by atoms with Gasteiger partial charge in [-0.05, 0) is 61.2 Å². The van der Waals surface area contributed by atoms with Gasteiger partial charge >= 0.3 is 0 Å². The van der Waals surface area contributed by atoms with Crippen LogP contribution in [0.1, 0.15) is 30.0 Å². The van der Waals surface area contributed by atoms with Crippen molar-refractivity contribution in [3.05, 3.63) is 89.7 Å². The van der Waals surface area contributed by atoms with E-state index < -0.39 is 0 Å². The van der Waals surface area contributed by atoms with Gasteiger partial charge in [-0.15, -0.1) is 0 Å². The van der Waals surface area contributed by atoms with Crippen LogP contribution in [0, 0.1) is 5.82 Å². The normalized spacial score (nSPS) is 18.9. The molecule has 2 atom stereocenters. The van der Waals surface area contributed by atoms with Gasteiger partial charge in [-0.2, -0.15) is 0 Å². The van der Waals surface area contributed by atoms with Gasteiger partial charge in [0.2, 0.25) is 0 Å². The van der Waals surface area contributed by atoms with Crippen molar-refractivity contribution in [2.75, 3.05) is 11.6 Å². The Morgan fingerprint density at radius 1 is 0.966 bits per heavy atom. The standard InChI is InChI=1S/C24H24FNO3/c25-18-11-9-17(10-12-18)5-4-8-23-24(21-14-13-20(27)15-22(21)28)26(16-29-23)19-6-2-1-3-7-19/h1-3,6-7,9-15,23-24,27-28H,4-5,8,16H2. The Bertz CT molecular complexity index is 946. The lowest BCUT2D eigenvalue weighted by Crippen LogP contribution is -2.27. The molecule has 1 heterocycles. The maximum Gasteiger partial charge on any atom is 0.124 e. The second-order valence-electron chi connectivity index (χ2n) is 7.35. The summed E-state index contributed by atoms with van der Waals surface area (Å²) in [5.41, 5.74) is 2.84. The summed E-state index contributed by atoms with van der Waals surface area (Å²) >= 11 is 0. The largest absolute Gasteiger partial charge is 0.508 e. The number of halogens is 1. The fourth-order valence-corrected chi connectivity index (χ4v) is 3.95. The minimum atomic E-state index is -0.228. The molecule has 5 heteroatoms. The molecule has 1 saturated heterocycles. The molecule has 0 bridgehead atoms. The number of para-hydroxylation sites is 1. The van der Waals surface area contributed by atoms with Gasteiger partial charge < -0.3 is 19.8 Å². The van der Waals surface area contributed by atoms with E-state index in [1.54, 1.807) is 12.1 Å². The van der Waals surface area contributed by atoms with Crippen LogP contribution in [0.25, 0.3) is 0 Å². The Morgan fingerprint density at radius 2 is 1.72 bits per heavy atom. The number of phenolic OH excluding ortho intramolecular Hbond substituents is 2. The maximum absolute atomic E-state index is 13.1. The summed E-state index contributed by atoms with van der Waals surface area (Å²) in [6, 6.07) is 21.1. The number of aromatic hydroxyl groups is 2. The third-order valence-corrected chi connectivity index (χ3v) is 5.40. The van der Waals surface area contributed by atoms with E-state index in [-0.39, 0.29) is 29.5 Å². The number of hydrogen-bond acceptors (Lipinski definition) is 4. The number of rotatable bonds is 6. The van der Waals surface area contributed by atoms with Crippen LogP contribution in [0.3, 0.4) is 0 Å². The second-order valence-corrected chi connectivity index (χ2v) is 7.35. The van der Waals surface area contributed by atoms with Gasteiger partial charge in [0, 0.05) is 17.3 Å². The molecular weight excluding hydrogens is 369 g/mol. The summed E-state index contributed by atoms with van der Waals surface area (Å²) in [5, 5.41) is 20.2. The zero-order valence-corrected chi connectivity index (χ0v) is 16.0. The first kappa shape index (κ1) is 19.3. The predicted molar refractivity (Wildman–Crippen MR) is 111 cm³/mol. The van der Waals surface area contributed by atoms with Gasteiger partial charge in [-0.1, -0.05) is 30.3 Å². The summed E-state index contributed by atoms with van der Waals surface area (Å²) in [6.07, 6.45) is 2.41. The van der Waals surface area contributed by atoms with Crippen molar-refractivity contribution in [2.45, 2.75) is 31.4 Å². The van der Waals surface area contributed by atoms with E-state index in [9.17, 15) is 14.6 Å². The lowest BCUT2D eigenvalue weighted by atomic mass is 9.94. The van der Waals surface area contributed by atoms with Crippen molar-refractivity contribution >= 4 is 5.69 Å². The highest BCUT2D eigenvalue weighted by Crippen LogP contribution is 2.42. The molecule has 0 spiro atoms. The lowest BCUT2D eigenvalue weighted by molar-refractivity contribution is 0.0946. The molecule has 29 heavy (non-hydrogen) atoms. The molecule has 150 valence electrons. The van der Waals surface area contributed by atoms with Crippen LogP contribution in [-0.2, 0) is 11.2 Å². The lowest BCUT2D eigenvalue weighted by Gasteiger charge is -2.28. The Balaban J connectivity index is 1.54. The summed E-state index contributed by atoms with van der Waals surface area (Å²) in [6.45, 7) is 0.427. The minimum absolute atomic E-state index is 0.0317. The molecule has 1 aliphatic heterocycles. The number of ether oxygens (including phenoxy) is 1. The molecule has 0 aromatic heterocycles. The Kier molecular flexibility index (Phi) is 5.67. The molecule has 0 amide bonds. The van der Waals surface area contributed by atoms with Gasteiger partial charge in [0.25, 0.3) is 0 Å². The number of anilines is 1. The molecule has 2 N–H and O–H groups in total. The zero-order valence-electron chi connectivity index (χ0n) is 16.0. The Labute approximate surface area is 169 Å². The fraction of sp³-hybridized carbons (Fsp3) is 0.250. The smallest absolute Gasteiger partial charge is 0.124 e. The van der Waals surface area contributed by atoms with Gasteiger partial charge in [0.15, 0.2) is 0 Å². The molecule has 0 aliphatic carbocycles. The van der Waals surface area contributed by atoms with Gasteiger partial charge in [-0.25, -0.2) is 4.39 Å². The summed E-state index contributed by atoms with van der Waals surface area (Å²) in [4.78, 5) is 2.13. The van der Waals surface area contributed by atoms with Crippen molar-refractivity contribution in [1.82, 2.24) is 0 Å². The van der Waals surface area contributed by atoms with Gasteiger partial charge in [0.05, 0.1) is 12.1 Å². The summed E-state index contributed by atoms with van der Waals surface area (Å²) in [7, 11) is 0. The summed E-state index contributed by atoms with van der Waals surface area (Å²) < 4.78 is 19.2. The van der Waals surface area contributed by atoms with Crippen LogP contribution >= 0.6 is 0 Å². The van der Waals surface area contributed by atoms with Crippen LogP contribution in [-0.4, -0.2) is 23.0 Å². The Morgan fingerprint density at radius 3 is 2.45 bits per heavy atom. The average Bonchev–Trinajstić information content (AvgIpc) is 3.14. The fourth-order valence-electron chi connectivity index (χ4n) is 3.95. The quantitative estimate of drug-likeness (QED) is 0.607. The van der Waals surface area contributed by atoms with E-state index in [1.165, 1.54) is 18.2 Å². The number of hydrogen-bond donors (Lipinski definition) is 2. The summed E-state index contributed by atoms with van der Waals surface area (Å²) in [5.74, 6) is -0.136. The van der Waals surface area contributed by atoms with Crippen molar-refractivity contribution in [3.63, 3.8) is 0 Å². The van der Waals surface area contributed by atoms with Crippen molar-refractivity contribution in [2.24, 2.45) is 0 Å². The zero-order chi connectivity index (χ0) is 20.2. The predicted octanol–water partition coefficient (Wildman–Crippen LogP) is 5.16. The van der Waals surface area contributed by atoms with E-state index >= 15 is 0 Å². The van der Waals surface area contributed by atoms with Crippen molar-refractivity contribution in [1.29, 1.82) is 0 Å². The van der Waals surface area contributed by atoms with Crippen LogP contribution < -0.4 is 4.90 Å². The number of nitrogens with zero attached hydrogens (tertiary/aromatic N) is 1. The molecule has 4 rings (SSSR count). The van der Waals surface area contributed by atoms with Gasteiger partial charge in [0.1, 0.15) is 24.0 Å². The first-order valence-corrected chi connectivity index (χ1v) is 9.81. The average molecular weight is 393 g/mol. The molecule has 0 radical (unpaired) electrons. The molecule has 3 aromatic carbocycles. The van der Waals surface area contributed by atoms with Crippen LogP contribution in [0.15, 0.2) is 72.8 Å². The number of aryl methyl sites for hydroxylation is 1. The minimum Gasteiger partial charge on any atom is -0.508 e. The molecule has 2 unspecified atom stereocenters. The van der Waals surface area contributed by atoms with Crippen LogP contribution in [0.5, 0.6) is 11.5 Å². The molecule has 1 aliphatic rings. The molecule has 0 saturated carbocycles. The van der Waals surface area contributed by atoms with Crippen molar-refractivity contribution in [3.8, 4) is 11.5 Å². The molecule has 3 aromatic rings. The first-order chi connectivity index (χ1) is 14.1. The van der Waals surface area contributed by atoms with E-state index in [0.29, 0.717) is 6.73 Å². The highest BCUT2D eigenvalue weighted by Gasteiger charge is 2.37. The second kappa shape index (κ2) is 8.53.